The van der Waals surface area contributed by atoms with E-state index in [9.17, 15) is 4.79 Å². The number of hydrogen-bond donors (Lipinski definition) is 2. The molecule has 2 aromatic carbocycles. The van der Waals surface area contributed by atoms with Crippen molar-refractivity contribution < 1.29 is 9.53 Å². The van der Waals surface area contributed by atoms with Crippen LogP contribution in [0.25, 0.3) is 0 Å². The van der Waals surface area contributed by atoms with E-state index in [1.165, 1.54) is 5.56 Å². The van der Waals surface area contributed by atoms with Gasteiger partial charge in [0, 0.05) is 25.2 Å². The fraction of sp³-hybridized carbons (Fsp3) is 0.350. The molecule has 0 aliphatic carbocycles. The van der Waals surface area contributed by atoms with E-state index in [0.29, 0.717) is 16.9 Å². The number of carbonyl (C=O) groups is 1. The van der Waals surface area contributed by atoms with Crippen LogP contribution in [0.15, 0.2) is 48.5 Å². The second kappa shape index (κ2) is 10.5. The normalized spacial score (nSPS) is 19.5. The maximum absolute atomic E-state index is 12.4. The van der Waals surface area contributed by atoms with Gasteiger partial charge in [0.2, 0.25) is 0 Å². The highest BCUT2D eigenvalue weighted by atomic mass is 35.5. The van der Waals surface area contributed by atoms with E-state index in [0.717, 1.165) is 19.6 Å². The fourth-order valence-corrected chi connectivity index (χ4v) is 3.24. The summed E-state index contributed by atoms with van der Waals surface area (Å²) in [7, 11) is 0. The number of anilines is 2. The number of nitrogens with zero attached hydrogens (tertiary/aromatic N) is 1. The summed E-state index contributed by atoms with van der Waals surface area (Å²) < 4.78 is 5.77. The van der Waals surface area contributed by atoms with Gasteiger partial charge in [0.05, 0.1) is 23.6 Å². The minimum atomic E-state index is -0.155. The van der Waals surface area contributed by atoms with Crippen molar-refractivity contribution in [1.82, 2.24) is 4.90 Å². The molecule has 148 valence electrons. The first-order valence-electron chi connectivity index (χ1n) is 8.64. The third kappa shape index (κ3) is 6.40. The molecule has 3 rings (SSSR count). The largest absolute Gasteiger partial charge is 0.397 e. The predicted octanol–water partition coefficient (Wildman–Crippen LogP) is 3.97. The van der Waals surface area contributed by atoms with E-state index in [-0.39, 0.29) is 42.9 Å². The third-order valence-electron chi connectivity index (χ3n) is 4.33. The van der Waals surface area contributed by atoms with Crippen LogP contribution in [0.2, 0.25) is 0 Å². The van der Waals surface area contributed by atoms with Crippen molar-refractivity contribution in [1.29, 1.82) is 0 Å². The van der Waals surface area contributed by atoms with Crippen molar-refractivity contribution in [3.05, 3.63) is 59.7 Å². The molecule has 3 N–H and O–H groups in total. The number of halogens is 2. The van der Waals surface area contributed by atoms with E-state index in [1.54, 1.807) is 12.1 Å². The van der Waals surface area contributed by atoms with Crippen molar-refractivity contribution in [2.24, 2.45) is 0 Å². The molecule has 1 aliphatic rings. The van der Waals surface area contributed by atoms with Gasteiger partial charge in [-0.1, -0.05) is 24.3 Å². The van der Waals surface area contributed by atoms with Gasteiger partial charge < -0.3 is 15.8 Å². The molecule has 7 heteroatoms. The van der Waals surface area contributed by atoms with Crippen molar-refractivity contribution in [3.8, 4) is 0 Å². The molecule has 2 aromatic rings. The van der Waals surface area contributed by atoms with E-state index in [4.69, 9.17) is 10.5 Å². The summed E-state index contributed by atoms with van der Waals surface area (Å²) in [5, 5.41) is 2.85. The lowest BCUT2D eigenvalue weighted by Crippen LogP contribution is -2.44. The number of rotatable bonds is 4. The number of amides is 1. The summed E-state index contributed by atoms with van der Waals surface area (Å²) in [6.45, 7) is 6.93. The Morgan fingerprint density at radius 1 is 1.07 bits per heavy atom. The zero-order chi connectivity index (χ0) is 17.8. The first kappa shape index (κ1) is 23.2. The van der Waals surface area contributed by atoms with Crippen LogP contribution in [-0.4, -0.2) is 36.1 Å². The molecule has 1 amide bonds. The minimum Gasteiger partial charge on any atom is -0.397 e. The summed E-state index contributed by atoms with van der Waals surface area (Å²) in [5.74, 6) is -0.155. The van der Waals surface area contributed by atoms with Gasteiger partial charge >= 0.3 is 0 Å². The van der Waals surface area contributed by atoms with Crippen LogP contribution >= 0.6 is 24.8 Å². The maximum atomic E-state index is 12.4. The number of carbonyl (C=O) groups excluding carboxylic acids is 1. The summed E-state index contributed by atoms with van der Waals surface area (Å²) in [4.78, 5) is 14.7. The van der Waals surface area contributed by atoms with Gasteiger partial charge in [-0.3, -0.25) is 9.69 Å². The van der Waals surface area contributed by atoms with Crippen molar-refractivity contribution in [2.45, 2.75) is 32.6 Å². The predicted molar refractivity (Wildman–Crippen MR) is 115 cm³/mol. The SMILES string of the molecule is CC1CN(Cc2ccc(C(=O)Nc3ccccc3N)cc2)CC(C)O1.Cl.Cl. The Bertz CT molecular complexity index is 730. The van der Waals surface area contributed by atoms with E-state index in [2.05, 4.69) is 24.1 Å². The van der Waals surface area contributed by atoms with Gasteiger partial charge in [-0.05, 0) is 43.7 Å². The number of ether oxygens (including phenoxy) is 1. The van der Waals surface area contributed by atoms with Crippen LogP contribution in [-0.2, 0) is 11.3 Å². The summed E-state index contributed by atoms with van der Waals surface area (Å²) in [6, 6.07) is 15.0. The van der Waals surface area contributed by atoms with Gasteiger partial charge in [0.25, 0.3) is 5.91 Å². The molecule has 0 radical (unpaired) electrons. The summed E-state index contributed by atoms with van der Waals surface area (Å²) in [5.41, 5.74) is 8.87. The molecule has 0 aromatic heterocycles. The number of nitrogens with one attached hydrogen (secondary N) is 1. The molecule has 1 aliphatic heterocycles. The molecule has 0 spiro atoms. The zero-order valence-electron chi connectivity index (χ0n) is 15.6. The average Bonchev–Trinajstić information content (AvgIpc) is 2.56. The van der Waals surface area contributed by atoms with E-state index >= 15 is 0 Å². The number of para-hydroxylation sites is 2. The van der Waals surface area contributed by atoms with Crippen molar-refractivity contribution in [2.75, 3.05) is 24.1 Å². The standard InChI is InChI=1S/C20H25N3O2.2ClH/c1-14-11-23(12-15(2)25-14)13-16-7-9-17(10-8-16)20(24)22-19-6-4-3-5-18(19)21;;/h3-10,14-15H,11-13,21H2,1-2H3,(H,22,24);2*1H. The number of nitrogen functional groups attached to an aromatic ring is 1. The molecule has 1 saturated heterocycles. The van der Waals surface area contributed by atoms with Gasteiger partial charge in [0.15, 0.2) is 0 Å². The lowest BCUT2D eigenvalue weighted by Gasteiger charge is -2.35. The highest BCUT2D eigenvalue weighted by Gasteiger charge is 2.22. The molecule has 2 unspecified atom stereocenters. The van der Waals surface area contributed by atoms with E-state index in [1.807, 2.05) is 36.4 Å². The Morgan fingerprint density at radius 2 is 1.67 bits per heavy atom. The Balaban J connectivity index is 0.00000182. The smallest absolute Gasteiger partial charge is 0.255 e. The maximum Gasteiger partial charge on any atom is 0.255 e. The average molecular weight is 412 g/mol. The Labute approximate surface area is 173 Å². The lowest BCUT2D eigenvalue weighted by molar-refractivity contribution is -0.0704. The second-order valence-electron chi connectivity index (χ2n) is 6.69. The Morgan fingerprint density at radius 3 is 2.26 bits per heavy atom. The third-order valence-corrected chi connectivity index (χ3v) is 4.33. The molecule has 1 heterocycles. The fourth-order valence-electron chi connectivity index (χ4n) is 3.24. The van der Waals surface area contributed by atoms with E-state index < -0.39 is 0 Å². The summed E-state index contributed by atoms with van der Waals surface area (Å²) >= 11 is 0. The van der Waals surface area contributed by atoms with Crippen LogP contribution in [0.3, 0.4) is 0 Å². The highest BCUT2D eigenvalue weighted by molar-refractivity contribution is 6.05. The van der Waals surface area contributed by atoms with Gasteiger partial charge in [-0.2, -0.15) is 0 Å². The molecule has 0 saturated carbocycles. The number of hydrogen-bond acceptors (Lipinski definition) is 4. The van der Waals surface area contributed by atoms with Crippen LogP contribution < -0.4 is 11.1 Å². The minimum absolute atomic E-state index is 0. The first-order valence-corrected chi connectivity index (χ1v) is 8.64. The summed E-state index contributed by atoms with van der Waals surface area (Å²) in [6.07, 6.45) is 0.510. The molecule has 27 heavy (non-hydrogen) atoms. The van der Waals surface area contributed by atoms with Crippen molar-refractivity contribution >= 4 is 42.1 Å². The van der Waals surface area contributed by atoms with Crippen LogP contribution in [0.1, 0.15) is 29.8 Å². The van der Waals surface area contributed by atoms with Crippen LogP contribution in [0, 0.1) is 0 Å². The molecule has 2 atom stereocenters. The molecule has 1 fully saturated rings. The molecular formula is C20H27Cl2N3O2. The molecule has 5 nitrogen and oxygen atoms in total. The lowest BCUT2D eigenvalue weighted by atomic mass is 10.1. The molecular weight excluding hydrogens is 385 g/mol. The quantitative estimate of drug-likeness (QED) is 0.746. The Kier molecular flexibility index (Phi) is 9.06. The van der Waals surface area contributed by atoms with Crippen LogP contribution in [0.4, 0.5) is 11.4 Å². The monoisotopic (exact) mass is 411 g/mol. The Hall–Kier alpha value is -1.79. The van der Waals surface area contributed by atoms with Gasteiger partial charge in [0.1, 0.15) is 0 Å². The number of benzene rings is 2. The van der Waals surface area contributed by atoms with Gasteiger partial charge in [-0.15, -0.1) is 24.8 Å². The van der Waals surface area contributed by atoms with Crippen molar-refractivity contribution in [3.63, 3.8) is 0 Å². The number of morpholine rings is 1. The van der Waals surface area contributed by atoms with Crippen LogP contribution in [0.5, 0.6) is 0 Å². The highest BCUT2D eigenvalue weighted by Crippen LogP contribution is 2.19. The second-order valence-corrected chi connectivity index (χ2v) is 6.69. The first-order chi connectivity index (χ1) is 12.0. The topological polar surface area (TPSA) is 67.6 Å². The van der Waals surface area contributed by atoms with Gasteiger partial charge in [-0.25, -0.2) is 0 Å². The number of nitrogens with two attached hydrogens (primary N) is 1. The molecule has 0 bridgehead atoms. The zero-order valence-corrected chi connectivity index (χ0v) is 17.2.